The maximum atomic E-state index is 12.6. The Morgan fingerprint density at radius 1 is 1.00 bits per heavy atom. The number of hydrogen-bond acceptors (Lipinski definition) is 6. The zero-order chi connectivity index (χ0) is 23.5. The average Bonchev–Trinajstić information content (AvgIpc) is 3.42. The van der Waals surface area contributed by atoms with E-state index in [4.69, 9.17) is 31.7 Å². The SMILES string of the molecule is N#Cc1cccc(NC(=S)NC2COC3C(OC(=O)Nc4cccc5ccccc45)COC23)c1. The number of anilines is 2. The van der Waals surface area contributed by atoms with Gasteiger partial charge in [-0.25, -0.2) is 4.79 Å². The first kappa shape index (κ1) is 22.1. The fourth-order valence-corrected chi connectivity index (χ4v) is 4.57. The quantitative estimate of drug-likeness (QED) is 0.491. The summed E-state index contributed by atoms with van der Waals surface area (Å²) in [7, 11) is 0. The zero-order valence-corrected chi connectivity index (χ0v) is 18.9. The van der Waals surface area contributed by atoms with Crippen LogP contribution in [0.4, 0.5) is 16.2 Å². The number of nitriles is 1. The number of ether oxygens (including phenoxy) is 3. The van der Waals surface area contributed by atoms with Gasteiger partial charge in [0.25, 0.3) is 0 Å². The summed E-state index contributed by atoms with van der Waals surface area (Å²) in [4.78, 5) is 12.6. The molecule has 8 nitrogen and oxygen atoms in total. The Hall–Kier alpha value is -3.71. The monoisotopic (exact) mass is 474 g/mol. The molecule has 2 aliphatic rings. The molecule has 4 unspecified atom stereocenters. The number of carbonyl (C=O) groups is 1. The number of amides is 1. The second-order valence-corrected chi connectivity index (χ2v) is 8.50. The molecule has 172 valence electrons. The lowest BCUT2D eigenvalue weighted by Gasteiger charge is -2.20. The van der Waals surface area contributed by atoms with Crippen molar-refractivity contribution in [2.24, 2.45) is 0 Å². The third kappa shape index (κ3) is 4.65. The van der Waals surface area contributed by atoms with Crippen molar-refractivity contribution in [1.29, 1.82) is 5.26 Å². The Bertz CT molecular complexity index is 1270. The molecule has 5 rings (SSSR count). The van der Waals surface area contributed by atoms with Crippen molar-refractivity contribution in [3.8, 4) is 6.07 Å². The molecule has 0 spiro atoms. The van der Waals surface area contributed by atoms with Gasteiger partial charge in [0.05, 0.1) is 36.6 Å². The van der Waals surface area contributed by atoms with Crippen molar-refractivity contribution < 1.29 is 19.0 Å². The maximum absolute atomic E-state index is 12.6. The van der Waals surface area contributed by atoms with E-state index in [-0.39, 0.29) is 24.9 Å². The van der Waals surface area contributed by atoms with Crippen molar-refractivity contribution >= 4 is 45.6 Å². The lowest BCUT2D eigenvalue weighted by molar-refractivity contribution is 0.00881. The molecule has 34 heavy (non-hydrogen) atoms. The summed E-state index contributed by atoms with van der Waals surface area (Å²) in [6.07, 6.45) is -1.78. The summed E-state index contributed by atoms with van der Waals surface area (Å²) in [5.74, 6) is 0. The van der Waals surface area contributed by atoms with Crippen LogP contribution in [0.15, 0.2) is 66.7 Å². The zero-order valence-electron chi connectivity index (χ0n) is 18.1. The fourth-order valence-electron chi connectivity index (χ4n) is 4.30. The van der Waals surface area contributed by atoms with Gasteiger partial charge in [-0.1, -0.05) is 42.5 Å². The molecule has 3 aromatic carbocycles. The third-order valence-electron chi connectivity index (χ3n) is 5.86. The summed E-state index contributed by atoms with van der Waals surface area (Å²) in [6.45, 7) is 0.598. The van der Waals surface area contributed by atoms with Crippen LogP contribution in [0.5, 0.6) is 0 Å². The van der Waals surface area contributed by atoms with Crippen molar-refractivity contribution in [3.05, 3.63) is 72.3 Å². The molecule has 0 aliphatic carbocycles. The molecule has 9 heteroatoms. The van der Waals surface area contributed by atoms with Crippen LogP contribution in [-0.2, 0) is 14.2 Å². The summed E-state index contributed by atoms with van der Waals surface area (Å²) in [5, 5.41) is 20.5. The molecule has 1 amide bonds. The van der Waals surface area contributed by atoms with Gasteiger partial charge in [-0.3, -0.25) is 5.32 Å². The van der Waals surface area contributed by atoms with E-state index in [9.17, 15) is 4.79 Å². The molecule has 3 N–H and O–H groups in total. The Kier molecular flexibility index (Phi) is 6.27. The van der Waals surface area contributed by atoms with Crippen LogP contribution >= 0.6 is 12.2 Å². The van der Waals surface area contributed by atoms with Gasteiger partial charge in [-0.05, 0) is 41.9 Å². The van der Waals surface area contributed by atoms with Gasteiger partial charge in [0, 0.05) is 11.1 Å². The molecule has 0 bridgehead atoms. The van der Waals surface area contributed by atoms with Gasteiger partial charge >= 0.3 is 6.09 Å². The van der Waals surface area contributed by atoms with Crippen LogP contribution in [0.2, 0.25) is 0 Å². The highest BCUT2D eigenvalue weighted by Crippen LogP contribution is 2.30. The van der Waals surface area contributed by atoms with Crippen molar-refractivity contribution in [1.82, 2.24) is 5.32 Å². The van der Waals surface area contributed by atoms with Crippen LogP contribution in [0.3, 0.4) is 0 Å². The predicted molar refractivity (Wildman–Crippen MR) is 132 cm³/mol. The van der Waals surface area contributed by atoms with E-state index in [0.717, 1.165) is 10.8 Å². The number of benzene rings is 3. The fraction of sp³-hybridized carbons (Fsp3) is 0.240. The summed E-state index contributed by atoms with van der Waals surface area (Å²) < 4.78 is 17.4. The minimum absolute atomic E-state index is 0.195. The summed E-state index contributed by atoms with van der Waals surface area (Å²) in [5.41, 5.74) is 1.94. The van der Waals surface area contributed by atoms with Gasteiger partial charge in [0.15, 0.2) is 11.2 Å². The number of carbonyl (C=O) groups excluding carboxylic acids is 1. The van der Waals surface area contributed by atoms with E-state index in [2.05, 4.69) is 22.0 Å². The van der Waals surface area contributed by atoms with Crippen LogP contribution in [-0.4, -0.2) is 48.8 Å². The molecule has 2 heterocycles. The van der Waals surface area contributed by atoms with E-state index in [1.54, 1.807) is 18.2 Å². The first-order valence-corrected chi connectivity index (χ1v) is 11.3. The van der Waals surface area contributed by atoms with E-state index in [0.29, 0.717) is 28.7 Å². The van der Waals surface area contributed by atoms with Gasteiger partial charge in [0.2, 0.25) is 0 Å². The highest BCUT2D eigenvalue weighted by Gasteiger charge is 2.49. The van der Waals surface area contributed by atoms with Gasteiger partial charge in [-0.2, -0.15) is 5.26 Å². The Labute approximate surface area is 201 Å². The molecule has 0 radical (unpaired) electrons. The largest absolute Gasteiger partial charge is 0.441 e. The molecular formula is C25H22N4O4S. The Balaban J connectivity index is 1.16. The first-order valence-electron chi connectivity index (χ1n) is 10.9. The van der Waals surface area contributed by atoms with E-state index in [1.807, 2.05) is 48.5 Å². The first-order chi connectivity index (χ1) is 16.6. The number of nitrogens with zero attached hydrogens (tertiary/aromatic N) is 1. The smallest absolute Gasteiger partial charge is 0.412 e. The minimum Gasteiger partial charge on any atom is -0.441 e. The standard InChI is InChI=1S/C25H22N4O4S/c26-12-15-5-3-8-17(11-15)27-24(34)28-20-13-31-23-21(14-32-22(20)23)33-25(30)29-19-10-4-7-16-6-1-2-9-18(16)19/h1-11,20-23H,13-14H2,(H,29,30)(H2,27,28,34). The molecule has 2 fully saturated rings. The molecule has 2 saturated heterocycles. The number of nitrogens with one attached hydrogen (secondary N) is 3. The summed E-state index contributed by atoms with van der Waals surface area (Å²) in [6, 6.07) is 22.5. The molecule has 3 aromatic rings. The van der Waals surface area contributed by atoms with Gasteiger partial charge < -0.3 is 24.8 Å². The van der Waals surface area contributed by atoms with Crippen LogP contribution in [0.1, 0.15) is 5.56 Å². The number of rotatable bonds is 4. The van der Waals surface area contributed by atoms with E-state index >= 15 is 0 Å². The summed E-state index contributed by atoms with van der Waals surface area (Å²) >= 11 is 5.41. The van der Waals surface area contributed by atoms with Gasteiger partial charge in [-0.15, -0.1) is 0 Å². The molecule has 2 aliphatic heterocycles. The van der Waals surface area contributed by atoms with E-state index in [1.165, 1.54) is 0 Å². The predicted octanol–water partition coefficient (Wildman–Crippen LogP) is 3.78. The van der Waals surface area contributed by atoms with E-state index < -0.39 is 12.2 Å². The third-order valence-corrected chi connectivity index (χ3v) is 6.08. The Morgan fingerprint density at radius 3 is 2.68 bits per heavy atom. The van der Waals surface area contributed by atoms with Crippen LogP contribution < -0.4 is 16.0 Å². The second kappa shape index (κ2) is 9.65. The second-order valence-electron chi connectivity index (χ2n) is 8.09. The van der Waals surface area contributed by atoms with Crippen molar-refractivity contribution in [3.63, 3.8) is 0 Å². The number of hydrogen-bond donors (Lipinski definition) is 3. The van der Waals surface area contributed by atoms with Gasteiger partial charge in [0.1, 0.15) is 12.2 Å². The number of thiocarbonyl (C=S) groups is 1. The molecular weight excluding hydrogens is 452 g/mol. The van der Waals surface area contributed by atoms with Crippen molar-refractivity contribution in [2.45, 2.75) is 24.4 Å². The molecule has 4 atom stereocenters. The minimum atomic E-state index is -0.555. The highest BCUT2D eigenvalue weighted by molar-refractivity contribution is 7.80. The molecule has 0 saturated carbocycles. The maximum Gasteiger partial charge on any atom is 0.412 e. The highest BCUT2D eigenvalue weighted by atomic mass is 32.1. The topological polar surface area (TPSA) is 105 Å². The lowest BCUT2D eigenvalue weighted by atomic mass is 10.1. The normalized spacial score (nSPS) is 23.0. The Morgan fingerprint density at radius 2 is 1.79 bits per heavy atom. The van der Waals surface area contributed by atoms with Crippen molar-refractivity contribution in [2.75, 3.05) is 23.8 Å². The van der Waals surface area contributed by atoms with Crippen LogP contribution in [0, 0.1) is 11.3 Å². The lowest BCUT2D eigenvalue weighted by Crippen LogP contribution is -2.46. The molecule has 0 aromatic heterocycles. The number of fused-ring (bicyclic) bond motifs is 2. The average molecular weight is 475 g/mol. The van der Waals surface area contributed by atoms with Crippen LogP contribution in [0.25, 0.3) is 10.8 Å².